The van der Waals surface area contributed by atoms with Crippen molar-refractivity contribution >= 4 is 29.1 Å². The fourth-order valence-electron chi connectivity index (χ4n) is 2.44. The molecule has 1 aromatic carbocycles. The summed E-state index contributed by atoms with van der Waals surface area (Å²) in [6.45, 7) is 3.50. The highest BCUT2D eigenvalue weighted by atomic mass is 35.5. The molecule has 0 aromatic heterocycles. The van der Waals surface area contributed by atoms with E-state index in [1.54, 1.807) is 18.2 Å². The summed E-state index contributed by atoms with van der Waals surface area (Å²) < 4.78 is 0. The molecule has 19 heavy (non-hydrogen) atoms. The van der Waals surface area contributed by atoms with Gasteiger partial charge in [-0.3, -0.25) is 4.79 Å². The molecule has 1 fully saturated rings. The average Bonchev–Trinajstić information content (AvgIpc) is 2.41. The Morgan fingerprint density at radius 1 is 1.42 bits per heavy atom. The zero-order chi connectivity index (χ0) is 14.0. The number of likely N-dealkylation sites (tertiary alicyclic amines) is 1. The molecular formula is C14H18Cl2N2O. The average molecular weight is 301 g/mol. The maximum Gasteiger partial charge on any atom is 0.253 e. The van der Waals surface area contributed by atoms with Gasteiger partial charge in [-0.15, -0.1) is 0 Å². The van der Waals surface area contributed by atoms with Crippen LogP contribution in [-0.4, -0.2) is 29.9 Å². The van der Waals surface area contributed by atoms with Crippen LogP contribution in [0.25, 0.3) is 0 Å². The van der Waals surface area contributed by atoms with Crippen molar-refractivity contribution in [2.24, 2.45) is 11.7 Å². The van der Waals surface area contributed by atoms with Crippen molar-refractivity contribution in [3.05, 3.63) is 33.8 Å². The van der Waals surface area contributed by atoms with Gasteiger partial charge in [0.15, 0.2) is 0 Å². The molecule has 5 heteroatoms. The van der Waals surface area contributed by atoms with Gasteiger partial charge in [-0.1, -0.05) is 23.2 Å². The summed E-state index contributed by atoms with van der Waals surface area (Å²) in [5.74, 6) is 0.379. The van der Waals surface area contributed by atoms with Crippen molar-refractivity contribution in [1.29, 1.82) is 0 Å². The van der Waals surface area contributed by atoms with Gasteiger partial charge < -0.3 is 10.6 Å². The van der Waals surface area contributed by atoms with E-state index >= 15 is 0 Å². The summed E-state index contributed by atoms with van der Waals surface area (Å²) in [6, 6.07) is 5.11. The van der Waals surface area contributed by atoms with Gasteiger partial charge in [0.1, 0.15) is 0 Å². The van der Waals surface area contributed by atoms with Crippen molar-refractivity contribution < 1.29 is 4.79 Å². The summed E-state index contributed by atoms with van der Waals surface area (Å²) in [5, 5.41) is 0.874. The second kappa shape index (κ2) is 6.12. The van der Waals surface area contributed by atoms with Crippen molar-refractivity contribution in [2.75, 3.05) is 13.1 Å². The van der Waals surface area contributed by atoms with Crippen LogP contribution in [0.2, 0.25) is 10.0 Å². The molecule has 1 heterocycles. The SMILES string of the molecule is C[C@@H](N)[C@H]1CCCN(C(=O)c2ccc(Cl)c(Cl)c2)C1. The number of piperidine rings is 1. The highest BCUT2D eigenvalue weighted by Crippen LogP contribution is 2.25. The van der Waals surface area contributed by atoms with Gasteiger partial charge >= 0.3 is 0 Å². The molecule has 104 valence electrons. The minimum Gasteiger partial charge on any atom is -0.338 e. The second-order valence-corrected chi connectivity index (χ2v) is 5.96. The third kappa shape index (κ3) is 3.41. The van der Waals surface area contributed by atoms with E-state index in [2.05, 4.69) is 0 Å². The Hall–Kier alpha value is -0.770. The number of amides is 1. The Morgan fingerprint density at radius 3 is 2.79 bits per heavy atom. The third-order valence-electron chi connectivity index (χ3n) is 3.66. The molecule has 2 rings (SSSR count). The van der Waals surface area contributed by atoms with Crippen LogP contribution in [0.5, 0.6) is 0 Å². The Morgan fingerprint density at radius 2 is 2.16 bits per heavy atom. The van der Waals surface area contributed by atoms with E-state index in [1.807, 2.05) is 11.8 Å². The van der Waals surface area contributed by atoms with E-state index in [0.717, 1.165) is 25.9 Å². The number of carbonyl (C=O) groups is 1. The van der Waals surface area contributed by atoms with Crippen molar-refractivity contribution in [1.82, 2.24) is 4.90 Å². The first-order chi connectivity index (χ1) is 8.99. The standard InChI is InChI=1S/C14H18Cl2N2O/c1-9(17)11-3-2-6-18(8-11)14(19)10-4-5-12(15)13(16)7-10/h4-5,7,9,11H,2-3,6,8,17H2,1H3/t9-,11+/m1/s1. The Kier molecular flexibility index (Phi) is 4.71. The third-order valence-corrected chi connectivity index (χ3v) is 4.39. The first kappa shape index (κ1) is 14.6. The van der Waals surface area contributed by atoms with E-state index < -0.39 is 0 Å². The molecule has 2 atom stereocenters. The monoisotopic (exact) mass is 300 g/mol. The lowest BCUT2D eigenvalue weighted by atomic mass is 9.92. The molecule has 3 nitrogen and oxygen atoms in total. The summed E-state index contributed by atoms with van der Waals surface area (Å²) >= 11 is 11.8. The van der Waals surface area contributed by atoms with E-state index in [1.165, 1.54) is 0 Å². The van der Waals surface area contributed by atoms with Crippen molar-refractivity contribution in [3.8, 4) is 0 Å². The summed E-state index contributed by atoms with van der Waals surface area (Å²) in [6.07, 6.45) is 2.09. The number of nitrogens with zero attached hydrogens (tertiary/aromatic N) is 1. The van der Waals surface area contributed by atoms with Gasteiger partial charge in [0.2, 0.25) is 0 Å². The van der Waals surface area contributed by atoms with E-state index in [9.17, 15) is 4.79 Å². The predicted molar refractivity (Wildman–Crippen MR) is 78.7 cm³/mol. The molecule has 0 unspecified atom stereocenters. The summed E-state index contributed by atoms with van der Waals surface area (Å²) in [5.41, 5.74) is 6.52. The Bertz CT molecular complexity index is 477. The van der Waals surface area contributed by atoms with Gasteiger partial charge in [-0.2, -0.15) is 0 Å². The fraction of sp³-hybridized carbons (Fsp3) is 0.500. The van der Waals surface area contributed by atoms with Gasteiger partial charge in [-0.25, -0.2) is 0 Å². The van der Waals surface area contributed by atoms with Crippen LogP contribution in [0.15, 0.2) is 18.2 Å². The highest BCUT2D eigenvalue weighted by Gasteiger charge is 2.26. The summed E-state index contributed by atoms with van der Waals surface area (Å²) in [4.78, 5) is 14.3. The molecule has 0 radical (unpaired) electrons. The number of benzene rings is 1. The fourth-order valence-corrected chi connectivity index (χ4v) is 2.73. The zero-order valence-electron chi connectivity index (χ0n) is 10.9. The van der Waals surface area contributed by atoms with Gasteiger partial charge in [0.05, 0.1) is 10.0 Å². The van der Waals surface area contributed by atoms with Crippen LogP contribution < -0.4 is 5.73 Å². The second-order valence-electron chi connectivity index (χ2n) is 5.14. The molecule has 0 aliphatic carbocycles. The van der Waals surface area contributed by atoms with Crippen LogP contribution in [0, 0.1) is 5.92 Å². The van der Waals surface area contributed by atoms with Gasteiger partial charge in [0.25, 0.3) is 5.91 Å². The molecule has 1 aromatic rings. The largest absolute Gasteiger partial charge is 0.338 e. The molecule has 2 N–H and O–H groups in total. The minimum atomic E-state index is 0.00363. The number of hydrogen-bond acceptors (Lipinski definition) is 2. The van der Waals surface area contributed by atoms with E-state index in [4.69, 9.17) is 28.9 Å². The number of halogens is 2. The lowest BCUT2D eigenvalue weighted by Crippen LogP contribution is -2.45. The normalized spacial score (nSPS) is 21.3. The molecule has 1 aliphatic rings. The molecule has 1 amide bonds. The number of nitrogens with two attached hydrogens (primary N) is 1. The van der Waals surface area contributed by atoms with Crippen molar-refractivity contribution in [3.63, 3.8) is 0 Å². The summed E-state index contributed by atoms with van der Waals surface area (Å²) in [7, 11) is 0. The van der Waals surface area contributed by atoms with E-state index in [0.29, 0.717) is 21.5 Å². The Labute approximate surface area is 123 Å². The van der Waals surface area contributed by atoms with Crippen molar-refractivity contribution in [2.45, 2.75) is 25.8 Å². The van der Waals surface area contributed by atoms with E-state index in [-0.39, 0.29) is 11.9 Å². The number of carbonyl (C=O) groups excluding carboxylic acids is 1. The maximum absolute atomic E-state index is 12.4. The lowest BCUT2D eigenvalue weighted by Gasteiger charge is -2.34. The first-order valence-corrected chi connectivity index (χ1v) is 7.24. The topological polar surface area (TPSA) is 46.3 Å². The molecule has 0 spiro atoms. The maximum atomic E-state index is 12.4. The quantitative estimate of drug-likeness (QED) is 0.912. The Balaban J connectivity index is 2.12. The first-order valence-electron chi connectivity index (χ1n) is 6.49. The molecule has 0 saturated carbocycles. The molecule has 1 saturated heterocycles. The molecule has 1 aliphatic heterocycles. The minimum absolute atomic E-state index is 0.00363. The van der Waals surface area contributed by atoms with Crippen LogP contribution >= 0.6 is 23.2 Å². The smallest absolute Gasteiger partial charge is 0.253 e. The van der Waals surface area contributed by atoms with Gasteiger partial charge in [0, 0.05) is 24.7 Å². The van der Waals surface area contributed by atoms with Crippen LogP contribution in [-0.2, 0) is 0 Å². The molecule has 0 bridgehead atoms. The lowest BCUT2D eigenvalue weighted by molar-refractivity contribution is 0.0661. The van der Waals surface area contributed by atoms with Crippen LogP contribution in [0.3, 0.4) is 0 Å². The number of hydrogen-bond donors (Lipinski definition) is 1. The molecular weight excluding hydrogens is 283 g/mol. The van der Waals surface area contributed by atoms with Crippen LogP contribution in [0.1, 0.15) is 30.1 Å². The number of rotatable bonds is 2. The predicted octanol–water partition coefficient (Wildman–Crippen LogP) is 3.19. The zero-order valence-corrected chi connectivity index (χ0v) is 12.4. The van der Waals surface area contributed by atoms with Gasteiger partial charge in [-0.05, 0) is 43.9 Å². The van der Waals surface area contributed by atoms with Crippen LogP contribution in [0.4, 0.5) is 0 Å². The highest BCUT2D eigenvalue weighted by molar-refractivity contribution is 6.42.